The summed E-state index contributed by atoms with van der Waals surface area (Å²) in [7, 11) is 0. The van der Waals surface area contributed by atoms with Gasteiger partial charge in [-0.05, 0) is 29.8 Å². The van der Waals surface area contributed by atoms with Crippen molar-refractivity contribution in [2.75, 3.05) is 0 Å². The summed E-state index contributed by atoms with van der Waals surface area (Å²) < 4.78 is 5.36. The third kappa shape index (κ3) is 2.42. The van der Waals surface area contributed by atoms with Gasteiger partial charge in [0.05, 0.1) is 5.02 Å². The van der Waals surface area contributed by atoms with Crippen molar-refractivity contribution in [3.05, 3.63) is 51.6 Å². The fraction of sp³-hybridized carbons (Fsp3) is 0.0909. The normalized spacial score (nSPS) is 10.0. The lowest BCUT2D eigenvalue weighted by molar-refractivity contribution is 0.248. The van der Waals surface area contributed by atoms with Gasteiger partial charge in [-0.25, -0.2) is 0 Å². The summed E-state index contributed by atoms with van der Waals surface area (Å²) in [5.74, 6) is 1.03. The molecule has 0 unspecified atom stereocenters. The lowest BCUT2D eigenvalue weighted by Gasteiger charge is -2.01. The van der Waals surface area contributed by atoms with Crippen LogP contribution in [-0.2, 0) is 6.61 Å². The van der Waals surface area contributed by atoms with E-state index in [-0.39, 0.29) is 6.61 Å². The first kappa shape index (κ1) is 11.5. The summed E-state index contributed by atoms with van der Waals surface area (Å²) in [5.41, 5.74) is 9.42. The van der Waals surface area contributed by atoms with Crippen molar-refractivity contribution >= 4 is 17.3 Å². The zero-order valence-electron chi connectivity index (χ0n) is 8.67. The minimum atomic E-state index is -0.158. The molecule has 1 aromatic heterocycles. The summed E-state index contributed by atoms with van der Waals surface area (Å²) in [6.45, 7) is -0.158. The molecule has 1 N–H and O–H groups in total. The topological polar surface area (TPSA) is 82.1 Å². The quantitative estimate of drug-likeness (QED) is 0.506. The van der Waals surface area contributed by atoms with E-state index < -0.39 is 0 Å². The number of furan rings is 1. The number of rotatable bonds is 3. The molecule has 0 aliphatic carbocycles. The first-order chi connectivity index (χ1) is 8.24. The molecule has 0 amide bonds. The second-order valence-corrected chi connectivity index (χ2v) is 3.68. The van der Waals surface area contributed by atoms with E-state index in [0.717, 1.165) is 0 Å². The third-order valence-corrected chi connectivity index (χ3v) is 2.51. The first-order valence-corrected chi connectivity index (χ1v) is 5.17. The molecular weight excluding hydrogens is 242 g/mol. The minimum Gasteiger partial charge on any atom is -0.459 e. The van der Waals surface area contributed by atoms with Gasteiger partial charge in [-0.3, -0.25) is 0 Å². The Bertz CT molecular complexity index is 588. The van der Waals surface area contributed by atoms with E-state index in [1.165, 1.54) is 0 Å². The van der Waals surface area contributed by atoms with Crippen molar-refractivity contribution in [1.29, 1.82) is 0 Å². The number of hydrogen-bond acceptors (Lipinski definition) is 3. The summed E-state index contributed by atoms with van der Waals surface area (Å²) in [6.07, 6.45) is 0. The van der Waals surface area contributed by atoms with Gasteiger partial charge in [-0.15, -0.1) is 0 Å². The molecule has 0 aliphatic heterocycles. The Hall–Kier alpha value is -1.94. The Balaban J connectivity index is 2.42. The number of azide groups is 1. The van der Waals surface area contributed by atoms with Crippen LogP contribution in [0.4, 0.5) is 5.69 Å². The standard InChI is InChI=1S/C11H8ClN3O2/c12-10-5-7(14-15-13)1-3-9(10)11-4-2-8(6-16)17-11/h1-5,16H,6H2. The molecule has 5 nitrogen and oxygen atoms in total. The van der Waals surface area contributed by atoms with Gasteiger partial charge in [0.15, 0.2) is 0 Å². The second-order valence-electron chi connectivity index (χ2n) is 3.28. The summed E-state index contributed by atoms with van der Waals surface area (Å²) in [6, 6.07) is 8.29. The average molecular weight is 250 g/mol. The van der Waals surface area contributed by atoms with Crippen molar-refractivity contribution in [3.63, 3.8) is 0 Å². The number of nitrogens with zero attached hydrogens (tertiary/aromatic N) is 3. The molecule has 0 bridgehead atoms. The molecule has 0 saturated carbocycles. The third-order valence-electron chi connectivity index (χ3n) is 2.20. The summed E-state index contributed by atoms with van der Waals surface area (Å²) in [5, 5.41) is 12.8. The van der Waals surface area contributed by atoms with Gasteiger partial charge in [-0.1, -0.05) is 22.8 Å². The molecule has 0 saturated heterocycles. The van der Waals surface area contributed by atoms with Crippen LogP contribution in [0.1, 0.15) is 5.76 Å². The lowest BCUT2D eigenvalue weighted by Crippen LogP contribution is -1.77. The van der Waals surface area contributed by atoms with Crippen molar-refractivity contribution in [2.24, 2.45) is 5.11 Å². The smallest absolute Gasteiger partial charge is 0.135 e. The molecule has 0 fully saturated rings. The highest BCUT2D eigenvalue weighted by atomic mass is 35.5. The number of hydrogen-bond donors (Lipinski definition) is 1. The van der Waals surface area contributed by atoms with E-state index in [1.54, 1.807) is 30.3 Å². The maximum atomic E-state index is 8.90. The van der Waals surface area contributed by atoms with E-state index in [2.05, 4.69) is 10.0 Å². The molecule has 0 radical (unpaired) electrons. The average Bonchev–Trinajstić information content (AvgIpc) is 2.78. The largest absolute Gasteiger partial charge is 0.459 e. The molecular formula is C11H8ClN3O2. The summed E-state index contributed by atoms with van der Waals surface area (Å²) in [4.78, 5) is 2.68. The van der Waals surface area contributed by atoms with Gasteiger partial charge >= 0.3 is 0 Å². The van der Waals surface area contributed by atoms with Crippen molar-refractivity contribution in [3.8, 4) is 11.3 Å². The summed E-state index contributed by atoms with van der Waals surface area (Å²) >= 11 is 6.05. The molecule has 0 aliphatic rings. The molecule has 2 aromatic rings. The van der Waals surface area contributed by atoms with E-state index in [0.29, 0.717) is 27.8 Å². The van der Waals surface area contributed by atoms with Gasteiger partial charge in [0.1, 0.15) is 18.1 Å². The SMILES string of the molecule is [N-]=[N+]=Nc1ccc(-c2ccc(CO)o2)c(Cl)c1. The van der Waals surface area contributed by atoms with Gasteiger partial charge in [0.2, 0.25) is 0 Å². The molecule has 17 heavy (non-hydrogen) atoms. The Kier molecular flexibility index (Phi) is 3.35. The Morgan fingerprint density at radius 2 is 2.18 bits per heavy atom. The van der Waals surface area contributed by atoms with Crippen molar-refractivity contribution in [1.82, 2.24) is 0 Å². The lowest BCUT2D eigenvalue weighted by atomic mass is 10.1. The maximum Gasteiger partial charge on any atom is 0.135 e. The fourth-order valence-corrected chi connectivity index (χ4v) is 1.69. The molecule has 0 atom stereocenters. The highest BCUT2D eigenvalue weighted by molar-refractivity contribution is 6.33. The van der Waals surface area contributed by atoms with Crippen LogP contribution in [0.2, 0.25) is 5.02 Å². The zero-order chi connectivity index (χ0) is 12.3. The number of aliphatic hydroxyl groups excluding tert-OH is 1. The van der Waals surface area contributed by atoms with Gasteiger partial charge in [0.25, 0.3) is 0 Å². The maximum absolute atomic E-state index is 8.90. The van der Waals surface area contributed by atoms with Crippen LogP contribution >= 0.6 is 11.6 Å². The fourth-order valence-electron chi connectivity index (χ4n) is 1.43. The van der Waals surface area contributed by atoms with Crippen LogP contribution in [0, 0.1) is 0 Å². The van der Waals surface area contributed by atoms with Gasteiger partial charge in [-0.2, -0.15) is 0 Å². The van der Waals surface area contributed by atoms with E-state index >= 15 is 0 Å². The number of halogens is 1. The minimum absolute atomic E-state index is 0.158. The predicted octanol–water partition coefficient (Wildman–Crippen LogP) is 4.03. The Morgan fingerprint density at radius 3 is 2.76 bits per heavy atom. The van der Waals surface area contributed by atoms with Gasteiger partial charge in [0, 0.05) is 16.2 Å². The van der Waals surface area contributed by atoms with Gasteiger partial charge < -0.3 is 9.52 Å². The zero-order valence-corrected chi connectivity index (χ0v) is 9.42. The van der Waals surface area contributed by atoms with Crippen LogP contribution in [0.5, 0.6) is 0 Å². The molecule has 1 heterocycles. The highest BCUT2D eigenvalue weighted by Gasteiger charge is 2.08. The molecule has 0 spiro atoms. The van der Waals surface area contributed by atoms with Crippen LogP contribution in [0.25, 0.3) is 21.8 Å². The monoisotopic (exact) mass is 249 g/mol. The van der Waals surface area contributed by atoms with E-state index in [9.17, 15) is 0 Å². The Morgan fingerprint density at radius 1 is 1.35 bits per heavy atom. The van der Waals surface area contributed by atoms with Crippen molar-refractivity contribution in [2.45, 2.75) is 6.61 Å². The van der Waals surface area contributed by atoms with Crippen LogP contribution in [0.15, 0.2) is 39.9 Å². The predicted molar refractivity (Wildman–Crippen MR) is 63.9 cm³/mol. The van der Waals surface area contributed by atoms with Crippen molar-refractivity contribution < 1.29 is 9.52 Å². The van der Waals surface area contributed by atoms with Crippen LogP contribution < -0.4 is 0 Å². The Labute approximate surface area is 102 Å². The van der Waals surface area contributed by atoms with E-state index in [4.69, 9.17) is 26.7 Å². The van der Waals surface area contributed by atoms with Crippen LogP contribution in [0.3, 0.4) is 0 Å². The molecule has 86 valence electrons. The first-order valence-electron chi connectivity index (χ1n) is 4.79. The van der Waals surface area contributed by atoms with E-state index in [1.807, 2.05) is 0 Å². The highest BCUT2D eigenvalue weighted by Crippen LogP contribution is 2.32. The molecule has 2 rings (SSSR count). The number of benzene rings is 1. The molecule has 6 heteroatoms. The second kappa shape index (κ2) is 4.93. The molecule has 1 aromatic carbocycles. The number of aliphatic hydroxyl groups is 1. The van der Waals surface area contributed by atoms with Crippen LogP contribution in [-0.4, -0.2) is 5.11 Å².